The molecule has 4 aromatic rings. The minimum Gasteiger partial charge on any atom is -0.493 e. The molecule has 2 aromatic heterocycles. The van der Waals surface area contributed by atoms with Gasteiger partial charge in [-0.05, 0) is 37.7 Å². The van der Waals surface area contributed by atoms with Crippen LogP contribution < -0.4 is 15.8 Å². The van der Waals surface area contributed by atoms with Crippen molar-refractivity contribution in [2.75, 3.05) is 44.9 Å². The van der Waals surface area contributed by atoms with Gasteiger partial charge in [-0.15, -0.1) is 0 Å². The number of benzene rings is 2. The van der Waals surface area contributed by atoms with Crippen LogP contribution >= 0.6 is 0 Å². The average Bonchev–Trinajstić information content (AvgIpc) is 3.47. The lowest BCUT2D eigenvalue weighted by Gasteiger charge is -2.20. The number of imidazole rings is 1. The zero-order valence-corrected chi connectivity index (χ0v) is 22.5. The molecule has 2 aromatic carbocycles. The molecule has 0 saturated carbocycles. The van der Waals surface area contributed by atoms with Crippen LogP contribution in [0.25, 0.3) is 22.3 Å². The lowest BCUT2D eigenvalue weighted by atomic mass is 10.0. The van der Waals surface area contributed by atoms with E-state index in [1.54, 1.807) is 0 Å². The molecule has 0 spiro atoms. The molecule has 12 nitrogen and oxygen atoms in total. The fraction of sp³-hybridized carbons (Fsp3) is 0.393. The monoisotopic (exact) mass is 549 g/mol. The molecule has 1 aliphatic heterocycles. The second-order valence-corrected chi connectivity index (χ2v) is 10.0. The molecule has 0 radical (unpaired) electrons. The van der Waals surface area contributed by atoms with E-state index in [1.807, 2.05) is 50.5 Å². The number of nitrogens with one attached hydrogen (secondary N) is 1. The Bertz CT molecular complexity index is 1430. The van der Waals surface area contributed by atoms with Gasteiger partial charge in [0.05, 0.1) is 13.2 Å². The number of aromatic nitrogens is 4. The fourth-order valence-corrected chi connectivity index (χ4v) is 4.78. The van der Waals surface area contributed by atoms with Gasteiger partial charge in [-0.1, -0.05) is 42.5 Å². The summed E-state index contributed by atoms with van der Waals surface area (Å²) < 4.78 is 13.6. The molecular weight excluding hydrogens is 514 g/mol. The minimum absolute atomic E-state index is 0.166. The highest BCUT2D eigenvalue weighted by molar-refractivity contribution is 5.84. The van der Waals surface area contributed by atoms with Crippen LogP contribution in [-0.2, 0) is 11.3 Å². The van der Waals surface area contributed by atoms with Gasteiger partial charge in [-0.2, -0.15) is 0 Å². The van der Waals surface area contributed by atoms with E-state index in [9.17, 15) is 15.3 Å². The average molecular weight is 550 g/mol. The summed E-state index contributed by atoms with van der Waals surface area (Å²) in [5.41, 5.74) is 9.70. The van der Waals surface area contributed by atoms with Gasteiger partial charge in [0.2, 0.25) is 5.95 Å². The van der Waals surface area contributed by atoms with Crippen molar-refractivity contribution >= 4 is 22.9 Å². The highest BCUT2D eigenvalue weighted by atomic mass is 16.6. The molecule has 4 atom stereocenters. The predicted octanol–water partition coefficient (Wildman–Crippen LogP) is 1.63. The number of aliphatic hydroxyl groups is 3. The van der Waals surface area contributed by atoms with Crippen molar-refractivity contribution in [3.63, 3.8) is 0 Å². The van der Waals surface area contributed by atoms with E-state index < -0.39 is 31.1 Å². The Morgan fingerprint density at radius 3 is 2.62 bits per heavy atom. The normalized spacial score (nSPS) is 20.9. The van der Waals surface area contributed by atoms with Gasteiger partial charge in [-0.3, -0.25) is 4.57 Å². The van der Waals surface area contributed by atoms with Crippen molar-refractivity contribution in [2.24, 2.45) is 0 Å². The van der Waals surface area contributed by atoms with Crippen LogP contribution in [0.1, 0.15) is 18.2 Å². The summed E-state index contributed by atoms with van der Waals surface area (Å²) in [6, 6.07) is 16.1. The Morgan fingerprint density at radius 1 is 1.10 bits per heavy atom. The Kier molecular flexibility index (Phi) is 8.43. The van der Waals surface area contributed by atoms with Crippen molar-refractivity contribution in [2.45, 2.75) is 37.5 Å². The van der Waals surface area contributed by atoms with Crippen LogP contribution in [0.5, 0.6) is 5.75 Å². The quantitative estimate of drug-likeness (QED) is 0.173. The fourth-order valence-electron chi connectivity index (χ4n) is 4.78. The summed E-state index contributed by atoms with van der Waals surface area (Å²) in [5.74, 6) is 1.26. The highest BCUT2D eigenvalue weighted by Gasteiger charge is 2.45. The van der Waals surface area contributed by atoms with E-state index >= 15 is 0 Å². The number of hydrogen-bond acceptors (Lipinski definition) is 11. The summed E-state index contributed by atoms with van der Waals surface area (Å²) in [6.45, 7) is 1.40. The first-order chi connectivity index (χ1) is 19.4. The topological polar surface area (TPSA) is 164 Å². The maximum Gasteiger partial charge on any atom is 0.207 e. The van der Waals surface area contributed by atoms with Crippen molar-refractivity contribution < 1.29 is 24.8 Å². The van der Waals surface area contributed by atoms with Gasteiger partial charge in [0, 0.05) is 18.7 Å². The zero-order chi connectivity index (χ0) is 28.2. The summed E-state index contributed by atoms with van der Waals surface area (Å²) >= 11 is 0. The van der Waals surface area contributed by atoms with E-state index in [-0.39, 0.29) is 5.82 Å². The number of aliphatic hydroxyl groups excluding tert-OH is 3. The van der Waals surface area contributed by atoms with E-state index in [0.29, 0.717) is 30.3 Å². The maximum absolute atomic E-state index is 10.7. The van der Waals surface area contributed by atoms with Crippen molar-refractivity contribution in [3.05, 3.63) is 60.4 Å². The molecule has 1 saturated heterocycles. The molecule has 6 N–H and O–H groups in total. The number of nitrogen functional groups attached to an aromatic ring is 1. The van der Waals surface area contributed by atoms with E-state index in [0.717, 1.165) is 35.4 Å². The smallest absolute Gasteiger partial charge is 0.207 e. The minimum atomic E-state index is -1.32. The number of rotatable bonds is 11. The molecule has 0 aliphatic carbocycles. The van der Waals surface area contributed by atoms with E-state index in [4.69, 9.17) is 15.2 Å². The first-order valence-electron chi connectivity index (χ1n) is 13.2. The van der Waals surface area contributed by atoms with Crippen LogP contribution in [0, 0.1) is 0 Å². The Morgan fingerprint density at radius 2 is 1.90 bits per heavy atom. The first kappa shape index (κ1) is 27.7. The van der Waals surface area contributed by atoms with Gasteiger partial charge in [-0.25, -0.2) is 15.0 Å². The van der Waals surface area contributed by atoms with Crippen molar-refractivity contribution in [1.82, 2.24) is 24.4 Å². The molecule has 1 aliphatic rings. The summed E-state index contributed by atoms with van der Waals surface area (Å²) in [5, 5.41) is 34.0. The second kappa shape index (κ2) is 12.1. The molecule has 3 heterocycles. The number of fused-ring (bicyclic) bond motifs is 1. The Labute approximate surface area is 232 Å². The summed E-state index contributed by atoms with van der Waals surface area (Å²) in [6.07, 6.45) is -2.42. The van der Waals surface area contributed by atoms with Crippen LogP contribution in [0.4, 0.5) is 11.8 Å². The lowest BCUT2D eigenvalue weighted by molar-refractivity contribution is -0.0501. The third-order valence-electron chi connectivity index (χ3n) is 6.87. The van der Waals surface area contributed by atoms with Crippen LogP contribution in [0.15, 0.2) is 54.9 Å². The number of nitrogens with zero attached hydrogens (tertiary/aromatic N) is 5. The Hall–Kier alpha value is -3.81. The molecule has 12 heteroatoms. The van der Waals surface area contributed by atoms with E-state index in [1.165, 1.54) is 10.9 Å². The van der Waals surface area contributed by atoms with Crippen molar-refractivity contribution in [1.29, 1.82) is 0 Å². The maximum atomic E-state index is 10.7. The van der Waals surface area contributed by atoms with Gasteiger partial charge in [0.25, 0.3) is 0 Å². The zero-order valence-electron chi connectivity index (χ0n) is 22.5. The van der Waals surface area contributed by atoms with E-state index in [2.05, 4.69) is 37.3 Å². The predicted molar refractivity (Wildman–Crippen MR) is 151 cm³/mol. The molecule has 0 unspecified atom stereocenters. The summed E-state index contributed by atoms with van der Waals surface area (Å²) in [7, 11) is 4.07. The third-order valence-corrected chi connectivity index (χ3v) is 6.87. The first-order valence-corrected chi connectivity index (χ1v) is 13.2. The number of hydrogen-bond donors (Lipinski definition) is 5. The molecule has 1 fully saturated rings. The molecule has 40 heavy (non-hydrogen) atoms. The summed E-state index contributed by atoms with van der Waals surface area (Å²) in [4.78, 5) is 15.0. The van der Waals surface area contributed by atoms with Crippen molar-refractivity contribution in [3.8, 4) is 16.9 Å². The molecule has 0 bridgehead atoms. The lowest BCUT2D eigenvalue weighted by Crippen LogP contribution is -2.33. The highest BCUT2D eigenvalue weighted by Crippen LogP contribution is 2.36. The van der Waals surface area contributed by atoms with Gasteiger partial charge in [0.1, 0.15) is 30.4 Å². The largest absolute Gasteiger partial charge is 0.493 e. The van der Waals surface area contributed by atoms with Gasteiger partial charge < -0.3 is 40.7 Å². The van der Waals surface area contributed by atoms with Gasteiger partial charge in [0.15, 0.2) is 23.2 Å². The SMILES string of the molecule is CN(C)CCCOc1cc(CNc2nc3c(N)ncnc3n2[C@@H]2O[C@H](CO)[C@@H](O)[C@H]2O)ccc1-c1ccccc1. The van der Waals surface area contributed by atoms with Crippen LogP contribution in [0.2, 0.25) is 0 Å². The van der Waals surface area contributed by atoms with Gasteiger partial charge >= 0.3 is 0 Å². The Balaban J connectivity index is 1.43. The van der Waals surface area contributed by atoms with Crippen LogP contribution in [-0.4, -0.2) is 91.9 Å². The molecule has 0 amide bonds. The number of ether oxygens (including phenoxy) is 2. The number of nitrogens with two attached hydrogens (primary N) is 1. The molecular formula is C28H35N7O5. The van der Waals surface area contributed by atoms with Crippen LogP contribution in [0.3, 0.4) is 0 Å². The molecule has 5 rings (SSSR count). The third kappa shape index (κ3) is 5.71. The standard InChI is InChI=1S/C28H35N7O5/c1-34(2)11-6-12-39-20-13-17(9-10-19(20)18-7-4-3-5-8-18)14-30-28-33-22-25(29)31-16-32-26(22)35(28)27-24(38)23(37)21(15-36)40-27/h3-5,7-10,13,16,21,23-24,27,36-38H,6,11-12,14-15H2,1-2H3,(H,30,33)(H2,29,31,32)/t21-,23-,24-,27-/m1/s1. The number of anilines is 2. The molecule has 212 valence electrons. The second-order valence-electron chi connectivity index (χ2n) is 10.0.